The number of halogens is 6. The Bertz CT molecular complexity index is 958. The van der Waals surface area contributed by atoms with Crippen molar-refractivity contribution in [2.24, 2.45) is 0 Å². The van der Waals surface area contributed by atoms with Crippen LogP contribution in [0.25, 0.3) is 0 Å². The van der Waals surface area contributed by atoms with Crippen LogP contribution in [0.3, 0.4) is 0 Å². The number of hydrogen-bond acceptors (Lipinski definition) is 4. The highest BCUT2D eigenvalue weighted by atomic mass is 19.4. The molecule has 0 aliphatic rings. The molecular formula is C18H11F6N3O2. The number of phenols is 1. The van der Waals surface area contributed by atoms with Gasteiger partial charge in [0.15, 0.2) is 0 Å². The monoisotopic (exact) mass is 415 g/mol. The minimum absolute atomic E-state index is 0.0469. The molecule has 1 amide bonds. The van der Waals surface area contributed by atoms with Gasteiger partial charge in [0, 0.05) is 23.6 Å². The molecule has 152 valence electrons. The van der Waals surface area contributed by atoms with Crippen LogP contribution in [0.15, 0.2) is 54.2 Å². The maximum atomic E-state index is 12.9. The zero-order chi connectivity index (χ0) is 21.8. The number of rotatable bonds is 4. The van der Waals surface area contributed by atoms with Gasteiger partial charge in [-0.25, -0.2) is 0 Å². The molecule has 0 fully saturated rings. The average molecular weight is 415 g/mol. The Hall–Kier alpha value is -3.68. The minimum atomic E-state index is -5.04. The zero-order valence-corrected chi connectivity index (χ0v) is 14.2. The van der Waals surface area contributed by atoms with E-state index in [2.05, 4.69) is 10.6 Å². The Morgan fingerprint density at radius 3 is 2.03 bits per heavy atom. The summed E-state index contributed by atoms with van der Waals surface area (Å²) < 4.78 is 77.1. The van der Waals surface area contributed by atoms with Crippen LogP contribution in [0.1, 0.15) is 11.1 Å². The highest BCUT2D eigenvalue weighted by Crippen LogP contribution is 2.37. The fourth-order valence-corrected chi connectivity index (χ4v) is 2.12. The maximum Gasteiger partial charge on any atom is 0.416 e. The van der Waals surface area contributed by atoms with E-state index in [1.807, 2.05) is 0 Å². The third kappa shape index (κ3) is 5.90. The Labute approximate surface area is 159 Å². The standard InChI is InChI=1S/C18H11F6N3O2/c19-17(20,21)11-4-12(18(22,23)24)6-14(5-11)26-9-10(8-25)16(29)27-13-2-1-3-15(28)7-13/h1-7,9,26,28H,(H,27,29)/b10-9-. The molecule has 0 atom stereocenters. The Kier molecular flexibility index (Phi) is 6.06. The summed E-state index contributed by atoms with van der Waals surface area (Å²) in [5.41, 5.74) is -4.23. The lowest BCUT2D eigenvalue weighted by Gasteiger charge is -2.14. The van der Waals surface area contributed by atoms with Gasteiger partial charge in [-0.2, -0.15) is 31.6 Å². The zero-order valence-electron chi connectivity index (χ0n) is 14.2. The minimum Gasteiger partial charge on any atom is -0.508 e. The SMILES string of the molecule is N#C/C(=C/Nc1cc(C(F)(F)F)cc(C(F)(F)F)c1)C(=O)Nc1cccc(O)c1. The topological polar surface area (TPSA) is 85.2 Å². The van der Waals surface area contributed by atoms with Crippen molar-refractivity contribution < 1.29 is 36.2 Å². The summed E-state index contributed by atoms with van der Waals surface area (Å²) in [5.74, 6) is -1.17. The summed E-state index contributed by atoms with van der Waals surface area (Å²) in [7, 11) is 0. The Morgan fingerprint density at radius 2 is 1.55 bits per heavy atom. The fourth-order valence-electron chi connectivity index (χ4n) is 2.12. The molecule has 2 aromatic carbocycles. The largest absolute Gasteiger partial charge is 0.508 e. The van der Waals surface area contributed by atoms with Crippen molar-refractivity contribution in [2.75, 3.05) is 10.6 Å². The van der Waals surface area contributed by atoms with Crippen molar-refractivity contribution in [3.63, 3.8) is 0 Å². The summed E-state index contributed by atoms with van der Waals surface area (Å²) in [6.07, 6.45) is -9.40. The van der Waals surface area contributed by atoms with Crippen LogP contribution in [0, 0.1) is 11.3 Å². The predicted octanol–water partition coefficient (Wildman–Crippen LogP) is 4.89. The first-order chi connectivity index (χ1) is 13.4. The van der Waals surface area contributed by atoms with Crippen molar-refractivity contribution in [2.45, 2.75) is 12.4 Å². The quantitative estimate of drug-likeness (QED) is 0.377. The van der Waals surface area contributed by atoms with Crippen molar-refractivity contribution in [3.05, 3.63) is 65.4 Å². The van der Waals surface area contributed by atoms with Gasteiger partial charge in [0.2, 0.25) is 0 Å². The van der Waals surface area contributed by atoms with Crippen LogP contribution in [0.2, 0.25) is 0 Å². The molecule has 0 aliphatic carbocycles. The first kappa shape index (κ1) is 21.6. The van der Waals surface area contributed by atoms with E-state index in [1.165, 1.54) is 30.3 Å². The molecule has 0 radical (unpaired) electrons. The normalized spacial score (nSPS) is 12.2. The lowest BCUT2D eigenvalue weighted by Crippen LogP contribution is -2.15. The molecule has 0 saturated carbocycles. The van der Waals surface area contributed by atoms with Gasteiger partial charge >= 0.3 is 12.4 Å². The van der Waals surface area contributed by atoms with Gasteiger partial charge < -0.3 is 15.7 Å². The molecular weight excluding hydrogens is 404 g/mol. The number of aromatic hydroxyl groups is 1. The van der Waals surface area contributed by atoms with E-state index in [0.717, 1.165) is 0 Å². The summed E-state index contributed by atoms with van der Waals surface area (Å²) in [4.78, 5) is 12.0. The molecule has 0 heterocycles. The van der Waals surface area contributed by atoms with E-state index in [1.54, 1.807) is 0 Å². The van der Waals surface area contributed by atoms with E-state index >= 15 is 0 Å². The van der Waals surface area contributed by atoms with Gasteiger partial charge in [-0.05, 0) is 30.3 Å². The highest BCUT2D eigenvalue weighted by molar-refractivity contribution is 6.06. The molecule has 5 nitrogen and oxygen atoms in total. The van der Waals surface area contributed by atoms with E-state index in [9.17, 15) is 36.2 Å². The summed E-state index contributed by atoms with van der Waals surface area (Å²) >= 11 is 0. The Morgan fingerprint density at radius 1 is 0.966 bits per heavy atom. The number of nitrogens with one attached hydrogen (secondary N) is 2. The predicted molar refractivity (Wildman–Crippen MR) is 90.5 cm³/mol. The number of alkyl halides is 6. The Balaban J connectivity index is 2.30. The number of hydrogen-bond donors (Lipinski definition) is 3. The van der Waals surface area contributed by atoms with E-state index in [-0.39, 0.29) is 17.5 Å². The second-order valence-corrected chi connectivity index (χ2v) is 5.61. The number of anilines is 2. The molecule has 0 bridgehead atoms. The smallest absolute Gasteiger partial charge is 0.416 e. The number of carbonyl (C=O) groups excluding carboxylic acids is 1. The van der Waals surface area contributed by atoms with Crippen molar-refractivity contribution in [3.8, 4) is 11.8 Å². The second-order valence-electron chi connectivity index (χ2n) is 5.61. The van der Waals surface area contributed by atoms with Gasteiger partial charge in [0.05, 0.1) is 11.1 Å². The van der Waals surface area contributed by atoms with Crippen molar-refractivity contribution in [1.29, 1.82) is 5.26 Å². The van der Waals surface area contributed by atoms with E-state index < -0.39 is 40.6 Å². The van der Waals surface area contributed by atoms with Crippen LogP contribution < -0.4 is 10.6 Å². The lowest BCUT2D eigenvalue weighted by molar-refractivity contribution is -0.143. The summed E-state index contributed by atoms with van der Waals surface area (Å²) in [5, 5.41) is 22.7. The fraction of sp³-hybridized carbons (Fsp3) is 0.111. The molecule has 3 N–H and O–H groups in total. The number of nitrogens with zero attached hydrogens (tertiary/aromatic N) is 1. The van der Waals surface area contributed by atoms with Crippen LogP contribution in [0.5, 0.6) is 5.75 Å². The first-order valence-corrected chi connectivity index (χ1v) is 7.67. The van der Waals surface area contributed by atoms with Gasteiger partial charge in [-0.3, -0.25) is 4.79 Å². The molecule has 2 aromatic rings. The molecule has 29 heavy (non-hydrogen) atoms. The first-order valence-electron chi connectivity index (χ1n) is 7.67. The van der Waals surface area contributed by atoms with Crippen molar-refractivity contribution >= 4 is 17.3 Å². The van der Waals surface area contributed by atoms with E-state index in [0.29, 0.717) is 18.3 Å². The van der Waals surface area contributed by atoms with Crippen LogP contribution >= 0.6 is 0 Å². The summed E-state index contributed by atoms with van der Waals surface area (Å²) in [6.45, 7) is 0. The number of phenolic OH excluding ortho intramolecular Hbond substituents is 1. The molecule has 0 aliphatic heterocycles. The highest BCUT2D eigenvalue weighted by Gasteiger charge is 2.36. The lowest BCUT2D eigenvalue weighted by atomic mass is 10.1. The second kappa shape index (κ2) is 8.14. The number of amides is 1. The molecule has 2 rings (SSSR count). The maximum absolute atomic E-state index is 12.9. The van der Waals surface area contributed by atoms with Crippen LogP contribution in [-0.4, -0.2) is 11.0 Å². The van der Waals surface area contributed by atoms with E-state index in [4.69, 9.17) is 5.26 Å². The van der Waals surface area contributed by atoms with Gasteiger partial charge in [-0.15, -0.1) is 0 Å². The van der Waals surface area contributed by atoms with Gasteiger partial charge in [-0.1, -0.05) is 6.07 Å². The molecule has 0 spiro atoms. The molecule has 11 heteroatoms. The number of carbonyl (C=O) groups is 1. The van der Waals surface area contributed by atoms with Gasteiger partial charge in [0.25, 0.3) is 5.91 Å². The molecule has 0 unspecified atom stereocenters. The molecule has 0 aromatic heterocycles. The third-order valence-electron chi connectivity index (χ3n) is 3.44. The summed E-state index contributed by atoms with van der Waals surface area (Å²) in [6, 6.07) is 7.54. The van der Waals surface area contributed by atoms with Crippen molar-refractivity contribution in [1.82, 2.24) is 0 Å². The molecule has 0 saturated heterocycles. The number of nitriles is 1. The van der Waals surface area contributed by atoms with Crippen LogP contribution in [-0.2, 0) is 17.1 Å². The van der Waals surface area contributed by atoms with Crippen LogP contribution in [0.4, 0.5) is 37.7 Å². The van der Waals surface area contributed by atoms with Gasteiger partial charge in [0.1, 0.15) is 17.4 Å². The third-order valence-corrected chi connectivity index (χ3v) is 3.44. The number of benzene rings is 2. The average Bonchev–Trinajstić information content (AvgIpc) is 2.60.